The Balaban J connectivity index is 0. The van der Waals surface area contributed by atoms with Gasteiger partial charge in [-0.2, -0.15) is 26.3 Å². The number of nitrogens with two attached hydrogens (primary N) is 1. The molecule has 0 aliphatic rings. The summed E-state index contributed by atoms with van der Waals surface area (Å²) in [6, 6.07) is 3.80. The van der Waals surface area contributed by atoms with Gasteiger partial charge in [-0.1, -0.05) is 0 Å². The van der Waals surface area contributed by atoms with E-state index in [2.05, 4.69) is 42.5 Å². The number of hydrogen-bond acceptors (Lipinski definition) is 6. The predicted molar refractivity (Wildman–Crippen MR) is 134 cm³/mol. The van der Waals surface area contributed by atoms with Gasteiger partial charge in [-0.3, -0.25) is 4.79 Å². The summed E-state index contributed by atoms with van der Waals surface area (Å²) < 4.78 is 70.4. The number of carboxylic acids is 2. The number of aliphatic carboxylic acids is 2. The van der Waals surface area contributed by atoms with E-state index in [9.17, 15) is 31.1 Å². The molecule has 0 spiro atoms. The Labute approximate surface area is 231 Å². The Kier molecular flexibility index (Phi) is 19.5. The number of carbonyl (C=O) groups is 3. The van der Waals surface area contributed by atoms with Crippen molar-refractivity contribution >= 4 is 55.8 Å². The molecule has 0 atom stereocenters. The molecule has 0 unspecified atom stereocenters. The van der Waals surface area contributed by atoms with Gasteiger partial charge in [-0.15, -0.1) is 0 Å². The van der Waals surface area contributed by atoms with Gasteiger partial charge in [0.05, 0.1) is 16.1 Å². The van der Waals surface area contributed by atoms with Crippen LogP contribution in [0.15, 0.2) is 27.2 Å². The van der Waals surface area contributed by atoms with E-state index in [4.69, 9.17) is 30.3 Å². The molecule has 0 aliphatic carbocycles. The second-order valence-corrected chi connectivity index (χ2v) is 8.56. The SMILES string of the molecule is COc1c(Br)cc(/C=C/C(=O)NCCCNCCCCN)cc1Br.O=C(O)C(F)(F)F.O=C(O)C(F)(F)F. The third-order valence-corrected chi connectivity index (χ3v) is 4.95. The number of carbonyl (C=O) groups excluding carboxylic acids is 1. The third kappa shape index (κ3) is 19.7. The van der Waals surface area contributed by atoms with Crippen molar-refractivity contribution in [2.45, 2.75) is 31.6 Å². The van der Waals surface area contributed by atoms with Crippen LogP contribution in [0.3, 0.4) is 0 Å². The molecule has 0 aromatic heterocycles. The van der Waals surface area contributed by atoms with Gasteiger partial charge in [0.2, 0.25) is 5.91 Å². The maximum absolute atomic E-state index is 11.8. The first-order valence-corrected chi connectivity index (χ1v) is 12.1. The summed E-state index contributed by atoms with van der Waals surface area (Å²) in [5.41, 5.74) is 6.34. The third-order valence-electron chi connectivity index (χ3n) is 3.77. The molecule has 0 saturated carbocycles. The van der Waals surface area contributed by atoms with Gasteiger partial charge in [-0.05, 0) is 94.5 Å². The number of alkyl halides is 6. The number of rotatable bonds is 11. The van der Waals surface area contributed by atoms with Crippen LogP contribution in [0.5, 0.6) is 5.75 Å². The van der Waals surface area contributed by atoms with Crippen molar-refractivity contribution in [1.82, 2.24) is 10.6 Å². The first kappa shape index (κ1) is 37.8. The second-order valence-electron chi connectivity index (χ2n) is 6.85. The molecule has 0 radical (unpaired) electrons. The Morgan fingerprint density at radius 2 is 1.37 bits per heavy atom. The smallest absolute Gasteiger partial charge is 0.490 e. The van der Waals surface area contributed by atoms with Gasteiger partial charge in [-0.25, -0.2) is 9.59 Å². The Bertz CT molecular complexity index is 867. The van der Waals surface area contributed by atoms with Crippen LogP contribution in [0.4, 0.5) is 26.3 Å². The topological polar surface area (TPSA) is 151 Å². The fourth-order valence-corrected chi connectivity index (χ4v) is 3.59. The summed E-state index contributed by atoms with van der Waals surface area (Å²) in [6.45, 7) is 3.27. The van der Waals surface area contributed by atoms with Crippen LogP contribution < -0.4 is 21.1 Å². The molecule has 0 aliphatic heterocycles. The summed E-state index contributed by atoms with van der Waals surface area (Å²) in [4.78, 5) is 29.6. The highest BCUT2D eigenvalue weighted by atomic mass is 79.9. The lowest BCUT2D eigenvalue weighted by atomic mass is 10.2. The number of benzene rings is 1. The number of carboxylic acid groups (broad SMARTS) is 2. The van der Waals surface area contributed by atoms with Crippen LogP contribution in [-0.4, -0.2) is 73.7 Å². The monoisotopic (exact) mass is 689 g/mol. The Morgan fingerprint density at radius 1 is 0.921 bits per heavy atom. The average Bonchev–Trinajstić information content (AvgIpc) is 2.79. The van der Waals surface area contributed by atoms with Crippen LogP contribution in [0.1, 0.15) is 24.8 Å². The van der Waals surface area contributed by atoms with Crippen LogP contribution in [0.2, 0.25) is 0 Å². The van der Waals surface area contributed by atoms with E-state index in [-0.39, 0.29) is 5.91 Å². The number of nitrogens with one attached hydrogen (secondary N) is 2. The first-order valence-electron chi connectivity index (χ1n) is 10.5. The molecule has 17 heteroatoms. The van der Waals surface area contributed by atoms with Gasteiger partial charge < -0.3 is 31.3 Å². The number of ether oxygens (including phenoxy) is 1. The van der Waals surface area contributed by atoms with Crippen molar-refractivity contribution in [3.63, 3.8) is 0 Å². The first-order chi connectivity index (χ1) is 17.5. The summed E-state index contributed by atoms with van der Waals surface area (Å²) >= 11 is 6.89. The van der Waals surface area contributed by atoms with Crippen molar-refractivity contribution in [2.75, 3.05) is 33.3 Å². The highest BCUT2D eigenvalue weighted by Crippen LogP contribution is 2.34. The lowest BCUT2D eigenvalue weighted by Crippen LogP contribution is -2.26. The van der Waals surface area contributed by atoms with Crippen LogP contribution in [0, 0.1) is 0 Å². The zero-order valence-corrected chi connectivity index (χ0v) is 23.1. The lowest BCUT2D eigenvalue weighted by molar-refractivity contribution is -0.193. The number of hydrogen-bond donors (Lipinski definition) is 5. The molecule has 38 heavy (non-hydrogen) atoms. The van der Waals surface area contributed by atoms with Crippen molar-refractivity contribution in [2.24, 2.45) is 5.73 Å². The molecule has 6 N–H and O–H groups in total. The highest BCUT2D eigenvalue weighted by molar-refractivity contribution is 9.11. The summed E-state index contributed by atoms with van der Waals surface area (Å²) in [7, 11) is 1.61. The number of amides is 1. The molecule has 1 aromatic carbocycles. The fourth-order valence-electron chi connectivity index (χ4n) is 2.05. The van der Waals surface area contributed by atoms with E-state index in [1.54, 1.807) is 13.2 Å². The zero-order valence-electron chi connectivity index (χ0n) is 19.9. The predicted octanol–water partition coefficient (Wildman–Crippen LogP) is 4.33. The molecule has 1 aromatic rings. The molecule has 1 amide bonds. The van der Waals surface area contributed by atoms with E-state index >= 15 is 0 Å². The maximum atomic E-state index is 11.8. The van der Waals surface area contributed by atoms with Crippen LogP contribution in [0.25, 0.3) is 6.08 Å². The van der Waals surface area contributed by atoms with Crippen molar-refractivity contribution in [1.29, 1.82) is 0 Å². The lowest BCUT2D eigenvalue weighted by Gasteiger charge is -2.07. The maximum Gasteiger partial charge on any atom is 0.490 e. The van der Waals surface area contributed by atoms with E-state index in [0.29, 0.717) is 6.54 Å². The molecule has 0 bridgehead atoms. The van der Waals surface area contributed by atoms with Crippen LogP contribution >= 0.6 is 31.9 Å². The molecule has 218 valence electrons. The van der Waals surface area contributed by atoms with Crippen molar-refractivity contribution < 1.29 is 55.7 Å². The minimum Gasteiger partial charge on any atom is -0.494 e. The molecular weight excluding hydrogens is 664 g/mol. The number of halogens is 8. The standard InChI is InChI=1S/C17H25Br2N3O2.2C2HF3O2/c1-24-17-14(18)11-13(12-15(17)19)5-6-16(23)22-10-4-9-21-8-3-2-7-20;2*3-2(4,5)1(6)7/h5-6,11-12,21H,2-4,7-10,20H2,1H3,(H,22,23);2*(H,6,7)/b6-5+;;. The number of methoxy groups -OCH3 is 1. The van der Waals surface area contributed by atoms with E-state index in [1.807, 2.05) is 12.1 Å². The molecular formula is C21H27Br2F6N3O6. The van der Waals surface area contributed by atoms with E-state index < -0.39 is 24.3 Å². The van der Waals surface area contributed by atoms with Gasteiger partial charge in [0.15, 0.2) is 0 Å². The Hall–Kier alpha value is -2.37. The van der Waals surface area contributed by atoms with Crippen molar-refractivity contribution in [3.05, 3.63) is 32.7 Å². The van der Waals surface area contributed by atoms with E-state index in [1.165, 1.54) is 6.08 Å². The average molecular weight is 691 g/mol. The largest absolute Gasteiger partial charge is 0.494 e. The number of unbranched alkanes of at least 4 members (excludes halogenated alkanes) is 1. The minimum absolute atomic E-state index is 0.0961. The molecule has 0 saturated heterocycles. The van der Waals surface area contributed by atoms with Crippen LogP contribution in [-0.2, 0) is 14.4 Å². The Morgan fingerprint density at radius 3 is 1.76 bits per heavy atom. The normalized spacial score (nSPS) is 11.1. The van der Waals surface area contributed by atoms with Gasteiger partial charge in [0.1, 0.15) is 5.75 Å². The molecule has 1 rings (SSSR count). The quantitative estimate of drug-likeness (QED) is 0.131. The second kappa shape index (κ2) is 19.7. The summed E-state index contributed by atoms with van der Waals surface area (Å²) in [6.07, 6.45) is -3.81. The fraction of sp³-hybridized carbons (Fsp3) is 0.476. The van der Waals surface area contributed by atoms with E-state index in [0.717, 1.165) is 59.2 Å². The molecule has 0 fully saturated rings. The molecule has 0 heterocycles. The summed E-state index contributed by atoms with van der Waals surface area (Å²) in [5, 5.41) is 20.5. The van der Waals surface area contributed by atoms with Crippen molar-refractivity contribution in [3.8, 4) is 5.75 Å². The summed E-state index contributed by atoms with van der Waals surface area (Å²) in [5.74, 6) is -4.88. The highest BCUT2D eigenvalue weighted by Gasteiger charge is 2.38. The van der Waals surface area contributed by atoms with Gasteiger partial charge >= 0.3 is 24.3 Å². The van der Waals surface area contributed by atoms with Gasteiger partial charge in [0.25, 0.3) is 0 Å². The molecule has 9 nitrogen and oxygen atoms in total. The minimum atomic E-state index is -5.08. The zero-order chi connectivity index (χ0) is 29.9. The van der Waals surface area contributed by atoms with Gasteiger partial charge in [0, 0.05) is 12.6 Å².